The van der Waals surface area contributed by atoms with Crippen molar-refractivity contribution >= 4 is 0 Å². The van der Waals surface area contributed by atoms with Gasteiger partial charge in [-0.3, -0.25) is 0 Å². The second kappa shape index (κ2) is 10.0. The normalized spacial score (nSPS) is 12.0. The van der Waals surface area contributed by atoms with Gasteiger partial charge in [-0.25, -0.2) is 0 Å². The zero-order valence-electron chi connectivity index (χ0n) is 14.3. The zero-order chi connectivity index (χ0) is 15.6. The van der Waals surface area contributed by atoms with Crippen LogP contribution in [0.5, 0.6) is 0 Å². The van der Waals surface area contributed by atoms with Crippen LogP contribution in [0.4, 0.5) is 0 Å². The summed E-state index contributed by atoms with van der Waals surface area (Å²) < 4.78 is 11.4. The Kier molecular flexibility index (Phi) is 8.70. The molecule has 1 N–H and O–H groups in total. The SMILES string of the molecule is CCCCCCCCOCc1ccc(CNC(C)(C)C)o1. The Labute approximate surface area is 130 Å². The average molecular weight is 295 g/mol. The fourth-order valence-corrected chi connectivity index (χ4v) is 2.10. The summed E-state index contributed by atoms with van der Waals surface area (Å²) >= 11 is 0. The third-order valence-electron chi connectivity index (χ3n) is 3.40. The van der Waals surface area contributed by atoms with Crippen LogP contribution in [-0.4, -0.2) is 12.1 Å². The fraction of sp³-hybridized carbons (Fsp3) is 0.778. The summed E-state index contributed by atoms with van der Waals surface area (Å²) in [5.74, 6) is 1.90. The van der Waals surface area contributed by atoms with Crippen LogP contribution in [0.2, 0.25) is 0 Å². The molecule has 1 rings (SSSR count). The highest BCUT2D eigenvalue weighted by molar-refractivity contribution is 5.06. The van der Waals surface area contributed by atoms with Crippen molar-refractivity contribution in [2.24, 2.45) is 0 Å². The molecule has 0 aliphatic carbocycles. The molecule has 122 valence electrons. The van der Waals surface area contributed by atoms with E-state index in [-0.39, 0.29) is 5.54 Å². The lowest BCUT2D eigenvalue weighted by Gasteiger charge is -2.19. The minimum atomic E-state index is 0.112. The van der Waals surface area contributed by atoms with E-state index >= 15 is 0 Å². The number of hydrogen-bond donors (Lipinski definition) is 1. The van der Waals surface area contributed by atoms with Gasteiger partial charge in [-0.2, -0.15) is 0 Å². The van der Waals surface area contributed by atoms with Crippen LogP contribution in [0.1, 0.15) is 77.7 Å². The van der Waals surface area contributed by atoms with Crippen LogP contribution in [0, 0.1) is 0 Å². The van der Waals surface area contributed by atoms with E-state index in [0.29, 0.717) is 6.61 Å². The lowest BCUT2D eigenvalue weighted by atomic mass is 10.1. The third-order valence-corrected chi connectivity index (χ3v) is 3.40. The maximum atomic E-state index is 5.75. The number of furan rings is 1. The van der Waals surface area contributed by atoms with E-state index in [0.717, 1.165) is 31.1 Å². The van der Waals surface area contributed by atoms with E-state index < -0.39 is 0 Å². The number of hydrogen-bond acceptors (Lipinski definition) is 3. The van der Waals surface area contributed by atoms with Crippen LogP contribution in [0.25, 0.3) is 0 Å². The second-order valence-corrected chi connectivity index (χ2v) is 6.79. The third kappa shape index (κ3) is 9.70. The van der Waals surface area contributed by atoms with E-state index in [9.17, 15) is 0 Å². The average Bonchev–Trinajstić information content (AvgIpc) is 2.87. The highest BCUT2D eigenvalue weighted by Gasteiger charge is 2.10. The summed E-state index contributed by atoms with van der Waals surface area (Å²) in [5.41, 5.74) is 0.112. The van der Waals surface area contributed by atoms with Crippen LogP contribution in [0.15, 0.2) is 16.5 Å². The molecule has 0 aromatic carbocycles. The van der Waals surface area contributed by atoms with E-state index in [1.54, 1.807) is 0 Å². The molecule has 0 saturated carbocycles. The molecule has 0 spiro atoms. The lowest BCUT2D eigenvalue weighted by molar-refractivity contribution is 0.101. The minimum absolute atomic E-state index is 0.112. The standard InChI is InChI=1S/C18H33NO2/c1-5-6-7-8-9-10-13-20-15-17-12-11-16(21-17)14-19-18(2,3)4/h11-12,19H,5-10,13-15H2,1-4H3. The van der Waals surface area contributed by atoms with Gasteiger partial charge in [0.2, 0.25) is 0 Å². The van der Waals surface area contributed by atoms with Gasteiger partial charge in [0, 0.05) is 12.1 Å². The smallest absolute Gasteiger partial charge is 0.129 e. The first kappa shape index (κ1) is 18.2. The zero-order valence-corrected chi connectivity index (χ0v) is 14.3. The van der Waals surface area contributed by atoms with Crippen molar-refractivity contribution in [2.75, 3.05) is 6.61 Å². The molecule has 0 atom stereocenters. The largest absolute Gasteiger partial charge is 0.462 e. The molecule has 0 fully saturated rings. The lowest BCUT2D eigenvalue weighted by Crippen LogP contribution is -2.34. The predicted molar refractivity (Wildman–Crippen MR) is 88.3 cm³/mol. The molecule has 0 unspecified atom stereocenters. The van der Waals surface area contributed by atoms with Crippen LogP contribution in [0.3, 0.4) is 0 Å². The molecular formula is C18H33NO2. The molecule has 0 radical (unpaired) electrons. The van der Waals surface area contributed by atoms with Crippen molar-refractivity contribution in [3.8, 4) is 0 Å². The van der Waals surface area contributed by atoms with Gasteiger partial charge >= 0.3 is 0 Å². The van der Waals surface area contributed by atoms with Crippen molar-refractivity contribution in [2.45, 2.75) is 84.9 Å². The quantitative estimate of drug-likeness (QED) is 0.580. The van der Waals surface area contributed by atoms with Gasteiger partial charge in [-0.05, 0) is 39.3 Å². The Hall–Kier alpha value is -0.800. The first-order valence-electron chi connectivity index (χ1n) is 8.41. The molecule has 1 aromatic rings. The molecule has 0 amide bonds. The maximum absolute atomic E-state index is 5.75. The monoisotopic (exact) mass is 295 g/mol. The van der Waals surface area contributed by atoms with Crippen LogP contribution >= 0.6 is 0 Å². The minimum Gasteiger partial charge on any atom is -0.462 e. The highest BCUT2D eigenvalue weighted by Crippen LogP contribution is 2.11. The van der Waals surface area contributed by atoms with Crippen molar-refractivity contribution in [1.82, 2.24) is 5.32 Å². The fourth-order valence-electron chi connectivity index (χ4n) is 2.10. The Morgan fingerprint density at radius 3 is 2.38 bits per heavy atom. The topological polar surface area (TPSA) is 34.4 Å². The van der Waals surface area contributed by atoms with Gasteiger partial charge in [0.1, 0.15) is 18.1 Å². The highest BCUT2D eigenvalue weighted by atomic mass is 16.5. The molecule has 0 saturated heterocycles. The summed E-state index contributed by atoms with van der Waals surface area (Å²) in [7, 11) is 0. The number of rotatable bonds is 11. The summed E-state index contributed by atoms with van der Waals surface area (Å²) in [6.07, 6.45) is 7.79. The summed E-state index contributed by atoms with van der Waals surface area (Å²) in [6.45, 7) is 10.9. The molecule has 0 aliphatic rings. The van der Waals surface area contributed by atoms with E-state index in [4.69, 9.17) is 9.15 Å². The summed E-state index contributed by atoms with van der Waals surface area (Å²) in [4.78, 5) is 0. The molecule has 0 aliphatic heterocycles. The summed E-state index contributed by atoms with van der Waals surface area (Å²) in [6, 6.07) is 4.04. The van der Waals surface area contributed by atoms with E-state index in [1.165, 1.54) is 32.1 Å². The second-order valence-electron chi connectivity index (χ2n) is 6.79. The molecule has 3 nitrogen and oxygen atoms in total. The van der Waals surface area contributed by atoms with Crippen molar-refractivity contribution in [3.05, 3.63) is 23.7 Å². The molecule has 0 bridgehead atoms. The Morgan fingerprint density at radius 2 is 1.67 bits per heavy atom. The molecular weight excluding hydrogens is 262 g/mol. The first-order valence-corrected chi connectivity index (χ1v) is 8.41. The van der Waals surface area contributed by atoms with E-state index in [2.05, 4.69) is 33.0 Å². The predicted octanol–water partition coefficient (Wildman–Crippen LogP) is 5.04. The van der Waals surface area contributed by atoms with Crippen molar-refractivity contribution < 1.29 is 9.15 Å². The Bertz CT molecular complexity index is 366. The van der Waals surface area contributed by atoms with Gasteiger partial charge in [0.05, 0.1) is 6.54 Å². The van der Waals surface area contributed by atoms with Gasteiger partial charge in [-0.1, -0.05) is 39.0 Å². The Morgan fingerprint density at radius 1 is 1.00 bits per heavy atom. The van der Waals surface area contributed by atoms with Crippen LogP contribution < -0.4 is 5.32 Å². The summed E-state index contributed by atoms with van der Waals surface area (Å²) in [5, 5.41) is 3.42. The number of nitrogens with one attached hydrogen (secondary N) is 1. The maximum Gasteiger partial charge on any atom is 0.129 e. The van der Waals surface area contributed by atoms with Gasteiger partial charge in [0.25, 0.3) is 0 Å². The number of unbranched alkanes of at least 4 members (excludes halogenated alkanes) is 5. The molecule has 21 heavy (non-hydrogen) atoms. The first-order chi connectivity index (χ1) is 10.0. The Balaban J connectivity index is 2.06. The molecule has 1 aromatic heterocycles. The van der Waals surface area contributed by atoms with Gasteiger partial charge in [0.15, 0.2) is 0 Å². The van der Waals surface area contributed by atoms with Crippen LogP contribution in [-0.2, 0) is 17.9 Å². The van der Waals surface area contributed by atoms with Crippen molar-refractivity contribution in [3.63, 3.8) is 0 Å². The van der Waals surface area contributed by atoms with Gasteiger partial charge < -0.3 is 14.5 Å². The molecule has 3 heteroatoms. The van der Waals surface area contributed by atoms with Crippen molar-refractivity contribution in [1.29, 1.82) is 0 Å². The molecule has 1 heterocycles. The number of ether oxygens (including phenoxy) is 1. The van der Waals surface area contributed by atoms with E-state index in [1.807, 2.05) is 12.1 Å². The van der Waals surface area contributed by atoms with Gasteiger partial charge in [-0.15, -0.1) is 0 Å².